The zero-order valence-corrected chi connectivity index (χ0v) is 18.6. The van der Waals surface area contributed by atoms with Gasteiger partial charge in [0.2, 0.25) is 5.75 Å². The van der Waals surface area contributed by atoms with Gasteiger partial charge in [0, 0.05) is 23.7 Å². The van der Waals surface area contributed by atoms with Crippen LogP contribution in [0.5, 0.6) is 17.2 Å². The fourth-order valence-electron chi connectivity index (χ4n) is 3.60. The highest BCUT2D eigenvalue weighted by Crippen LogP contribution is 2.47. The minimum absolute atomic E-state index is 0.119. The second-order valence-electron chi connectivity index (χ2n) is 7.17. The predicted molar refractivity (Wildman–Crippen MR) is 123 cm³/mol. The van der Waals surface area contributed by atoms with Crippen LogP contribution in [0.4, 0.5) is 0 Å². The van der Waals surface area contributed by atoms with E-state index in [-0.39, 0.29) is 5.78 Å². The molecule has 31 heavy (non-hydrogen) atoms. The number of nitrogens with zero attached hydrogens (tertiary/aromatic N) is 1. The van der Waals surface area contributed by atoms with Gasteiger partial charge >= 0.3 is 0 Å². The second kappa shape index (κ2) is 9.47. The lowest BCUT2D eigenvalue weighted by Crippen LogP contribution is -2.08. The first-order valence-corrected chi connectivity index (χ1v) is 9.99. The Morgan fingerprint density at radius 1 is 1.03 bits per heavy atom. The molecule has 0 aliphatic rings. The summed E-state index contributed by atoms with van der Waals surface area (Å²) in [6, 6.07) is 13.6. The van der Waals surface area contributed by atoms with E-state index in [0.717, 1.165) is 27.9 Å². The number of Topliss-reactive ketones (excluding diaryl/α,β-unsaturated/α-hetero) is 1. The van der Waals surface area contributed by atoms with Crippen LogP contribution in [0.15, 0.2) is 49.0 Å². The van der Waals surface area contributed by atoms with Crippen molar-refractivity contribution in [3.05, 3.63) is 77.1 Å². The van der Waals surface area contributed by atoms with Gasteiger partial charge in [-0.2, -0.15) is 0 Å². The summed E-state index contributed by atoms with van der Waals surface area (Å²) in [5, 5.41) is 0. The number of hydrogen-bond acceptors (Lipinski definition) is 5. The summed E-state index contributed by atoms with van der Waals surface area (Å²) in [7, 11) is 3.17. The molecule has 0 bridgehead atoms. The molecular weight excluding hydrogens is 390 g/mol. The van der Waals surface area contributed by atoms with Crippen LogP contribution in [0, 0.1) is 13.8 Å². The van der Waals surface area contributed by atoms with E-state index in [4.69, 9.17) is 14.2 Å². The number of aryl methyl sites for hydroxylation is 1. The van der Waals surface area contributed by atoms with Crippen molar-refractivity contribution in [3.8, 4) is 28.4 Å². The zero-order valence-electron chi connectivity index (χ0n) is 18.6. The van der Waals surface area contributed by atoms with Gasteiger partial charge in [-0.3, -0.25) is 4.79 Å². The van der Waals surface area contributed by atoms with E-state index in [1.807, 2.05) is 56.3 Å². The van der Waals surface area contributed by atoms with Crippen LogP contribution in [0.3, 0.4) is 0 Å². The summed E-state index contributed by atoms with van der Waals surface area (Å²) in [4.78, 5) is 16.8. The van der Waals surface area contributed by atoms with Crippen molar-refractivity contribution in [1.29, 1.82) is 0 Å². The Labute approximate surface area is 183 Å². The van der Waals surface area contributed by atoms with E-state index in [1.54, 1.807) is 20.3 Å². The van der Waals surface area contributed by atoms with Gasteiger partial charge in [-0.25, -0.2) is 4.98 Å². The molecule has 0 saturated heterocycles. The van der Waals surface area contributed by atoms with Crippen molar-refractivity contribution in [3.63, 3.8) is 0 Å². The number of carbonyl (C=O) groups excluding carboxylic acids is 1. The quantitative estimate of drug-likeness (QED) is 0.433. The molecule has 5 nitrogen and oxygen atoms in total. The Hall–Kier alpha value is -3.60. The molecule has 160 valence electrons. The minimum Gasteiger partial charge on any atom is -0.493 e. The van der Waals surface area contributed by atoms with Crippen LogP contribution in [0.1, 0.15) is 39.8 Å². The molecule has 0 aliphatic heterocycles. The average Bonchev–Trinajstić information content (AvgIpc) is 2.78. The molecule has 1 heterocycles. The first-order valence-electron chi connectivity index (χ1n) is 9.99. The summed E-state index contributed by atoms with van der Waals surface area (Å²) < 4.78 is 17.5. The normalized spacial score (nSPS) is 10.5. The Bertz CT molecular complexity index is 1120. The number of aromatic nitrogens is 1. The maximum atomic E-state index is 12.3. The second-order valence-corrected chi connectivity index (χ2v) is 7.17. The van der Waals surface area contributed by atoms with Crippen LogP contribution >= 0.6 is 0 Å². The molecule has 0 atom stereocenters. The fraction of sp³-hybridized carbons (Fsp3) is 0.231. The van der Waals surface area contributed by atoms with Gasteiger partial charge in [0.1, 0.15) is 12.3 Å². The lowest BCUT2D eigenvalue weighted by molar-refractivity contribution is 0.101. The van der Waals surface area contributed by atoms with Crippen LogP contribution in [-0.4, -0.2) is 25.0 Å². The summed E-state index contributed by atoms with van der Waals surface area (Å²) in [5.41, 5.74) is 5.43. The fourth-order valence-corrected chi connectivity index (χ4v) is 3.60. The summed E-state index contributed by atoms with van der Waals surface area (Å²) in [5.74, 6) is 1.47. The Kier molecular flexibility index (Phi) is 6.75. The Morgan fingerprint density at radius 2 is 1.74 bits per heavy atom. The number of ketones is 1. The molecule has 0 aliphatic carbocycles. The molecule has 3 rings (SSSR count). The number of ether oxygens (including phenoxy) is 3. The van der Waals surface area contributed by atoms with Gasteiger partial charge in [-0.05, 0) is 42.7 Å². The van der Waals surface area contributed by atoms with E-state index in [9.17, 15) is 4.79 Å². The maximum absolute atomic E-state index is 12.3. The van der Waals surface area contributed by atoms with Gasteiger partial charge in [0.05, 0.1) is 14.2 Å². The molecule has 0 unspecified atom stereocenters. The third-order valence-electron chi connectivity index (χ3n) is 5.25. The first-order chi connectivity index (χ1) is 14.9. The highest BCUT2D eigenvalue weighted by Gasteiger charge is 2.24. The Balaban J connectivity index is 2.28. The molecule has 3 aromatic rings. The molecule has 1 aromatic heterocycles. The Morgan fingerprint density at radius 3 is 2.32 bits per heavy atom. The molecule has 0 fully saturated rings. The molecule has 5 heteroatoms. The van der Waals surface area contributed by atoms with Crippen LogP contribution in [0.2, 0.25) is 0 Å². The van der Waals surface area contributed by atoms with Crippen molar-refractivity contribution < 1.29 is 19.0 Å². The monoisotopic (exact) mass is 417 g/mol. The summed E-state index contributed by atoms with van der Waals surface area (Å²) in [6.45, 7) is 9.67. The SMILES string of the molecule is C=Cc1c(C(C)=O)nc(C)c(C)c1-c1ccc(OC)c(OC)c1OCc1ccccc1. The maximum Gasteiger partial charge on any atom is 0.203 e. The van der Waals surface area contributed by atoms with Gasteiger partial charge in [-0.1, -0.05) is 43.0 Å². The molecule has 0 N–H and O–H groups in total. The highest BCUT2D eigenvalue weighted by atomic mass is 16.5. The number of methoxy groups -OCH3 is 2. The van der Waals surface area contributed by atoms with Gasteiger partial charge in [0.15, 0.2) is 17.3 Å². The van der Waals surface area contributed by atoms with E-state index >= 15 is 0 Å². The molecule has 0 spiro atoms. The number of pyridine rings is 1. The summed E-state index contributed by atoms with van der Waals surface area (Å²) in [6.07, 6.45) is 1.67. The number of hydrogen-bond donors (Lipinski definition) is 0. The van der Waals surface area contributed by atoms with Crippen molar-refractivity contribution >= 4 is 11.9 Å². The summed E-state index contributed by atoms with van der Waals surface area (Å²) >= 11 is 0. The third kappa shape index (κ3) is 4.31. The van der Waals surface area contributed by atoms with Crippen molar-refractivity contribution in [2.24, 2.45) is 0 Å². The average molecular weight is 418 g/mol. The number of rotatable bonds is 8. The van der Waals surface area contributed by atoms with Crippen molar-refractivity contribution in [2.75, 3.05) is 14.2 Å². The van der Waals surface area contributed by atoms with E-state index in [0.29, 0.717) is 35.1 Å². The van der Waals surface area contributed by atoms with Gasteiger partial charge in [-0.15, -0.1) is 0 Å². The molecule has 2 aromatic carbocycles. The number of benzene rings is 2. The lowest BCUT2D eigenvalue weighted by atomic mass is 9.91. The van der Waals surface area contributed by atoms with Gasteiger partial charge in [0.25, 0.3) is 0 Å². The van der Waals surface area contributed by atoms with Gasteiger partial charge < -0.3 is 14.2 Å². The molecule has 0 saturated carbocycles. The molecule has 0 amide bonds. The van der Waals surface area contributed by atoms with Crippen molar-refractivity contribution in [1.82, 2.24) is 4.98 Å². The van der Waals surface area contributed by atoms with E-state index in [2.05, 4.69) is 11.6 Å². The zero-order chi connectivity index (χ0) is 22.5. The first kappa shape index (κ1) is 22.1. The van der Waals surface area contributed by atoms with E-state index < -0.39 is 0 Å². The van der Waals surface area contributed by atoms with Crippen LogP contribution in [0.25, 0.3) is 17.2 Å². The topological polar surface area (TPSA) is 57.7 Å². The standard InChI is InChI=1S/C26H27NO4/c1-7-20-23(16(2)17(3)27-24(20)18(4)28)21-13-14-22(29-5)26(30-6)25(21)31-15-19-11-9-8-10-12-19/h7-14H,1,15H2,2-6H3. The largest absolute Gasteiger partial charge is 0.493 e. The highest BCUT2D eigenvalue weighted by molar-refractivity contribution is 6.00. The molecule has 0 radical (unpaired) electrons. The number of carbonyl (C=O) groups is 1. The van der Waals surface area contributed by atoms with Crippen molar-refractivity contribution in [2.45, 2.75) is 27.4 Å². The van der Waals surface area contributed by atoms with Crippen LogP contribution in [-0.2, 0) is 6.61 Å². The minimum atomic E-state index is -0.119. The smallest absolute Gasteiger partial charge is 0.203 e. The molecular formula is C26H27NO4. The third-order valence-corrected chi connectivity index (χ3v) is 5.25. The predicted octanol–water partition coefficient (Wildman–Crippen LogP) is 5.81. The van der Waals surface area contributed by atoms with Crippen LogP contribution < -0.4 is 14.2 Å². The lowest BCUT2D eigenvalue weighted by Gasteiger charge is -2.21. The van der Waals surface area contributed by atoms with E-state index in [1.165, 1.54) is 6.92 Å².